The van der Waals surface area contributed by atoms with Gasteiger partial charge in [0, 0.05) is 48.6 Å². The Labute approximate surface area is 269 Å². The van der Waals surface area contributed by atoms with Crippen molar-refractivity contribution in [3.63, 3.8) is 0 Å². The van der Waals surface area contributed by atoms with Crippen LogP contribution >= 0.6 is 21.6 Å². The Morgan fingerprint density at radius 3 is 2.49 bits per heavy atom. The normalized spacial score (nSPS) is 21.4. The molecule has 1 amide bonds. The Morgan fingerprint density at radius 2 is 1.80 bits per heavy atom. The third kappa shape index (κ3) is 14.3. The summed E-state index contributed by atoms with van der Waals surface area (Å²) in [4.78, 5) is 34.1. The van der Waals surface area contributed by atoms with Crippen LogP contribution in [0, 0.1) is 21.4 Å². The first-order chi connectivity index (χ1) is 21.5. The maximum absolute atomic E-state index is 12.0. The monoisotopic (exact) mass is 677 g/mol. The number of carbonyl (C=O) groups excluding carboxylic acids is 1. The summed E-state index contributed by atoms with van der Waals surface area (Å²) in [6.07, 6.45) is -0.898. The standard InChI is InChI=1S/C28H43N3O12S2/c1-18-23(43-28(39-2)26(34)25(18)33)16-42-17-24(32)30-9-11-41-13-12-40-10-3-5-19(29)6-4-14-44-45-20-7-8-22(31(37)38)21(15-20)27(35)36/h7-8,15,18,23,25-26,28-29,33-34H,3-6,9-14,16-17H2,1-2H3,(H,30,32)(H,35,36)/t18-,23?,25+,26?,28-/m1/s1. The molecule has 2 rings (SSSR count). The molecule has 1 fully saturated rings. The van der Waals surface area contributed by atoms with Gasteiger partial charge in [-0.3, -0.25) is 14.9 Å². The van der Waals surface area contributed by atoms with Gasteiger partial charge < -0.3 is 49.7 Å². The van der Waals surface area contributed by atoms with Crippen LogP contribution in [0.4, 0.5) is 5.69 Å². The lowest BCUT2D eigenvalue weighted by Gasteiger charge is -2.40. The van der Waals surface area contributed by atoms with E-state index in [0.717, 1.165) is 12.2 Å². The zero-order valence-electron chi connectivity index (χ0n) is 25.4. The summed E-state index contributed by atoms with van der Waals surface area (Å²) in [5.74, 6) is -1.31. The van der Waals surface area contributed by atoms with Crippen LogP contribution in [0.5, 0.6) is 0 Å². The predicted octanol–water partition coefficient (Wildman–Crippen LogP) is 2.51. The zero-order valence-corrected chi connectivity index (χ0v) is 27.0. The number of hydrogen-bond acceptors (Lipinski definition) is 14. The lowest BCUT2D eigenvalue weighted by molar-refractivity contribution is -0.385. The molecule has 1 heterocycles. The maximum atomic E-state index is 12.0. The van der Waals surface area contributed by atoms with E-state index in [0.29, 0.717) is 62.8 Å². The van der Waals surface area contributed by atoms with Crippen LogP contribution in [0.25, 0.3) is 0 Å². The lowest BCUT2D eigenvalue weighted by atomic mass is 9.91. The van der Waals surface area contributed by atoms with Gasteiger partial charge in [0.2, 0.25) is 5.91 Å². The number of hydrogen-bond donors (Lipinski definition) is 5. The van der Waals surface area contributed by atoms with Crippen molar-refractivity contribution in [3.8, 4) is 0 Å². The molecule has 5 atom stereocenters. The van der Waals surface area contributed by atoms with Gasteiger partial charge in [0.1, 0.15) is 18.3 Å². The fourth-order valence-corrected chi connectivity index (χ4v) is 6.32. The van der Waals surface area contributed by atoms with Crippen LogP contribution in [0.15, 0.2) is 23.1 Å². The first kappa shape index (κ1) is 38.8. The molecule has 0 spiro atoms. The second-order valence-corrected chi connectivity index (χ2v) is 12.7. The molecular weight excluding hydrogens is 634 g/mol. The molecule has 17 heteroatoms. The van der Waals surface area contributed by atoms with E-state index < -0.39 is 47.1 Å². The highest BCUT2D eigenvalue weighted by molar-refractivity contribution is 8.76. The zero-order chi connectivity index (χ0) is 33.2. The predicted molar refractivity (Wildman–Crippen MR) is 167 cm³/mol. The molecule has 0 aliphatic carbocycles. The molecule has 1 aromatic rings. The number of ether oxygens (including phenoxy) is 5. The molecule has 0 aromatic heterocycles. The second kappa shape index (κ2) is 21.4. The molecule has 15 nitrogen and oxygen atoms in total. The molecular formula is C28H43N3O12S2. The Hall–Kier alpha value is -2.35. The molecule has 0 saturated carbocycles. The van der Waals surface area contributed by atoms with Crippen LogP contribution in [0.3, 0.4) is 0 Å². The van der Waals surface area contributed by atoms with Crippen molar-refractivity contribution in [1.82, 2.24) is 5.32 Å². The van der Waals surface area contributed by atoms with Crippen LogP contribution in [0.1, 0.15) is 43.0 Å². The number of rotatable bonds is 23. The van der Waals surface area contributed by atoms with E-state index in [-0.39, 0.29) is 24.7 Å². The van der Waals surface area contributed by atoms with E-state index >= 15 is 0 Å². The topological polar surface area (TPSA) is 220 Å². The highest BCUT2D eigenvalue weighted by Crippen LogP contribution is 2.34. The average molecular weight is 678 g/mol. The number of carbonyl (C=O) groups is 2. The maximum Gasteiger partial charge on any atom is 0.342 e. The summed E-state index contributed by atoms with van der Waals surface area (Å²) in [7, 11) is 4.22. The number of aromatic carboxylic acids is 1. The summed E-state index contributed by atoms with van der Waals surface area (Å²) < 4.78 is 27.0. The Balaban J connectivity index is 1.40. The number of benzene rings is 1. The van der Waals surface area contributed by atoms with Gasteiger partial charge in [0.15, 0.2) is 6.29 Å². The first-order valence-corrected chi connectivity index (χ1v) is 16.8. The smallest absolute Gasteiger partial charge is 0.342 e. The largest absolute Gasteiger partial charge is 0.477 e. The summed E-state index contributed by atoms with van der Waals surface area (Å²) in [6.45, 7) is 3.48. The van der Waals surface area contributed by atoms with Gasteiger partial charge in [-0.2, -0.15) is 0 Å². The van der Waals surface area contributed by atoms with E-state index in [1.165, 1.54) is 46.9 Å². The van der Waals surface area contributed by atoms with Gasteiger partial charge >= 0.3 is 5.97 Å². The van der Waals surface area contributed by atoms with Gasteiger partial charge in [-0.1, -0.05) is 28.5 Å². The van der Waals surface area contributed by atoms with Gasteiger partial charge in [-0.05, 0) is 37.8 Å². The van der Waals surface area contributed by atoms with Crippen LogP contribution < -0.4 is 5.32 Å². The molecule has 5 N–H and O–H groups in total. The molecule has 45 heavy (non-hydrogen) atoms. The SMILES string of the molecule is CO[C@@H]1OC(COCC(=O)NCCOCCOCCCC(=N)CCCSSc2ccc([N+](=O)[O-])c(C(=O)O)c2)[C@@H](C)[C@H](O)C1O. The number of nitrogens with zero attached hydrogens (tertiary/aromatic N) is 1. The third-order valence-electron chi connectivity index (χ3n) is 6.77. The van der Waals surface area contributed by atoms with Crippen molar-refractivity contribution in [2.45, 2.75) is 62.1 Å². The molecule has 254 valence electrons. The number of nitro benzene ring substituents is 1. The summed E-state index contributed by atoms with van der Waals surface area (Å²) in [5.41, 5.74) is -0.145. The van der Waals surface area contributed by atoms with Gasteiger partial charge in [0.05, 0.1) is 43.6 Å². The van der Waals surface area contributed by atoms with E-state index in [9.17, 15) is 35.0 Å². The van der Waals surface area contributed by atoms with Gasteiger partial charge in [0.25, 0.3) is 5.69 Å². The number of methoxy groups -OCH3 is 1. The quantitative estimate of drug-likeness (QED) is 0.0370. The molecule has 0 radical (unpaired) electrons. The molecule has 1 saturated heterocycles. The third-order valence-corrected chi connectivity index (χ3v) is 9.23. The second-order valence-electron chi connectivity index (χ2n) is 10.2. The summed E-state index contributed by atoms with van der Waals surface area (Å²) >= 11 is 0. The van der Waals surface area contributed by atoms with E-state index in [1.807, 2.05) is 0 Å². The van der Waals surface area contributed by atoms with Crippen molar-refractivity contribution in [2.75, 3.05) is 59.0 Å². The minimum absolute atomic E-state index is 0.0636. The first-order valence-electron chi connectivity index (χ1n) is 14.5. The van der Waals surface area contributed by atoms with Crippen molar-refractivity contribution in [3.05, 3.63) is 33.9 Å². The Bertz CT molecular complexity index is 1100. The van der Waals surface area contributed by atoms with Crippen molar-refractivity contribution >= 4 is 44.9 Å². The molecule has 1 aromatic carbocycles. The van der Waals surface area contributed by atoms with Crippen LogP contribution in [-0.4, -0.2) is 121 Å². The number of carboxylic acid groups (broad SMARTS) is 1. The number of aliphatic hydroxyl groups is 2. The van der Waals surface area contributed by atoms with Crippen molar-refractivity contribution < 1.29 is 53.5 Å². The van der Waals surface area contributed by atoms with E-state index in [2.05, 4.69) is 5.32 Å². The van der Waals surface area contributed by atoms with Gasteiger partial charge in [-0.15, -0.1) is 0 Å². The highest BCUT2D eigenvalue weighted by atomic mass is 33.1. The Morgan fingerprint density at radius 1 is 1.09 bits per heavy atom. The van der Waals surface area contributed by atoms with E-state index in [4.69, 9.17) is 29.1 Å². The molecule has 2 unspecified atom stereocenters. The average Bonchev–Trinajstić information content (AvgIpc) is 3.01. The number of nitro groups is 1. The van der Waals surface area contributed by atoms with Crippen LogP contribution in [0.2, 0.25) is 0 Å². The Kier molecular flexibility index (Phi) is 18.5. The van der Waals surface area contributed by atoms with Crippen molar-refractivity contribution in [2.24, 2.45) is 5.92 Å². The number of carboxylic acids is 1. The lowest BCUT2D eigenvalue weighted by Crippen LogP contribution is -2.55. The van der Waals surface area contributed by atoms with Gasteiger partial charge in [-0.25, -0.2) is 4.79 Å². The highest BCUT2D eigenvalue weighted by Gasteiger charge is 2.42. The molecule has 1 aliphatic heterocycles. The minimum atomic E-state index is -1.34. The van der Waals surface area contributed by atoms with E-state index in [1.54, 1.807) is 6.92 Å². The number of amides is 1. The minimum Gasteiger partial charge on any atom is -0.477 e. The molecule has 1 aliphatic rings. The molecule has 0 bridgehead atoms. The summed E-state index contributed by atoms with van der Waals surface area (Å²) in [6, 6.07) is 4.03. The van der Waals surface area contributed by atoms with Crippen molar-refractivity contribution in [1.29, 1.82) is 5.41 Å². The fraction of sp³-hybridized carbons (Fsp3) is 0.679. The van der Waals surface area contributed by atoms with Crippen LogP contribution in [-0.2, 0) is 28.5 Å². The fourth-order valence-electron chi connectivity index (χ4n) is 4.22. The number of aliphatic hydroxyl groups excluding tert-OH is 2. The summed E-state index contributed by atoms with van der Waals surface area (Å²) in [5, 5.41) is 50.9. The number of nitrogens with one attached hydrogen (secondary N) is 2.